The van der Waals surface area contributed by atoms with E-state index in [9.17, 15) is 4.79 Å². The highest BCUT2D eigenvalue weighted by Crippen LogP contribution is 2.67. The van der Waals surface area contributed by atoms with Crippen LogP contribution in [0.15, 0.2) is 24.7 Å². The molecule has 8 unspecified atom stereocenters. The van der Waals surface area contributed by atoms with Crippen molar-refractivity contribution >= 4 is 16.7 Å². The summed E-state index contributed by atoms with van der Waals surface area (Å²) in [7, 11) is 0. The Bertz CT molecular complexity index is 996. The maximum atomic E-state index is 13.6. The first-order chi connectivity index (χ1) is 16.4. The number of carbonyl (C=O) groups is 1. The molecule has 8 atom stereocenters. The maximum absolute atomic E-state index is 13.6. The Balaban J connectivity index is 0.00000117. The fourth-order valence-corrected chi connectivity index (χ4v) is 9.27. The molecular formula is C30H45N3O. The topological polar surface area (TPSA) is 47.8 Å². The Labute approximate surface area is 206 Å². The van der Waals surface area contributed by atoms with Crippen molar-refractivity contribution in [3.63, 3.8) is 0 Å². The quantitative estimate of drug-likeness (QED) is 0.479. The summed E-state index contributed by atoms with van der Waals surface area (Å²) in [6.45, 7) is 12.0. The average molecular weight is 464 g/mol. The van der Waals surface area contributed by atoms with Crippen LogP contribution in [0.3, 0.4) is 0 Å². The normalized spacial score (nSPS) is 41.1. The van der Waals surface area contributed by atoms with Crippen molar-refractivity contribution < 1.29 is 4.79 Å². The summed E-state index contributed by atoms with van der Waals surface area (Å²) in [5, 5.41) is 5.68. The lowest BCUT2D eigenvalue weighted by Gasteiger charge is -2.61. The summed E-state index contributed by atoms with van der Waals surface area (Å²) in [5.41, 5.74) is 1.63. The van der Waals surface area contributed by atoms with Gasteiger partial charge in [0.05, 0.1) is 12.7 Å². The lowest BCUT2D eigenvalue weighted by molar-refractivity contribution is -0.137. The van der Waals surface area contributed by atoms with Crippen LogP contribution in [0.2, 0.25) is 0 Å². The van der Waals surface area contributed by atoms with Gasteiger partial charge in [-0.3, -0.25) is 14.5 Å². The van der Waals surface area contributed by atoms with Crippen LogP contribution in [0.25, 0.3) is 10.9 Å². The summed E-state index contributed by atoms with van der Waals surface area (Å²) >= 11 is 0. The van der Waals surface area contributed by atoms with Gasteiger partial charge in [-0.25, -0.2) is 0 Å². The Morgan fingerprint density at radius 3 is 2.59 bits per heavy atom. The Kier molecular flexibility index (Phi) is 6.40. The molecule has 4 saturated carbocycles. The van der Waals surface area contributed by atoms with Crippen molar-refractivity contribution in [2.24, 2.45) is 46.3 Å². The van der Waals surface area contributed by atoms with Crippen LogP contribution in [0.5, 0.6) is 0 Å². The number of Topliss-reactive ketones (excluding diaryl/α,β-unsaturated/α-hetero) is 1. The molecule has 0 aromatic carbocycles. The van der Waals surface area contributed by atoms with Gasteiger partial charge in [-0.1, -0.05) is 41.0 Å². The zero-order valence-electron chi connectivity index (χ0n) is 22.1. The van der Waals surface area contributed by atoms with Gasteiger partial charge in [0.1, 0.15) is 5.52 Å². The Hall–Kier alpha value is -1.71. The molecule has 4 aliphatic carbocycles. The van der Waals surface area contributed by atoms with Crippen LogP contribution in [-0.2, 0) is 11.3 Å². The van der Waals surface area contributed by atoms with E-state index in [2.05, 4.69) is 30.9 Å². The van der Waals surface area contributed by atoms with Crippen LogP contribution < -0.4 is 0 Å². The van der Waals surface area contributed by atoms with Gasteiger partial charge < -0.3 is 0 Å². The summed E-state index contributed by atoms with van der Waals surface area (Å²) in [6, 6.07) is 1.97. The number of pyridine rings is 1. The number of hydrogen-bond donors (Lipinski definition) is 0. The number of ketones is 1. The number of carbonyl (C=O) groups excluding carboxylic acids is 1. The predicted octanol–water partition coefficient (Wildman–Crippen LogP) is 7.32. The third kappa shape index (κ3) is 3.75. The third-order valence-corrected chi connectivity index (χ3v) is 11.0. The molecule has 186 valence electrons. The van der Waals surface area contributed by atoms with E-state index >= 15 is 0 Å². The van der Waals surface area contributed by atoms with E-state index in [0.717, 1.165) is 46.9 Å². The molecule has 4 fully saturated rings. The number of fused-ring (bicyclic) bond motifs is 6. The monoisotopic (exact) mass is 463 g/mol. The molecule has 6 rings (SSSR count). The smallest absolute Gasteiger partial charge is 0.157 e. The van der Waals surface area contributed by atoms with Gasteiger partial charge in [0, 0.05) is 23.7 Å². The molecule has 0 spiro atoms. The van der Waals surface area contributed by atoms with Crippen molar-refractivity contribution in [3.8, 4) is 0 Å². The first kappa shape index (κ1) is 24.0. The van der Waals surface area contributed by atoms with Gasteiger partial charge >= 0.3 is 0 Å². The van der Waals surface area contributed by atoms with Gasteiger partial charge in [0.25, 0.3) is 0 Å². The molecule has 0 amide bonds. The highest BCUT2D eigenvalue weighted by Gasteiger charge is 2.60. The first-order valence-electron chi connectivity index (χ1n) is 14.2. The van der Waals surface area contributed by atoms with Crippen molar-refractivity contribution in [1.29, 1.82) is 0 Å². The van der Waals surface area contributed by atoms with Gasteiger partial charge in [-0.05, 0) is 97.9 Å². The zero-order chi connectivity index (χ0) is 24.1. The average Bonchev–Trinajstić information content (AvgIpc) is 3.40. The van der Waals surface area contributed by atoms with E-state index < -0.39 is 0 Å². The minimum atomic E-state index is 0.192. The molecule has 0 aliphatic heterocycles. The molecular weight excluding hydrogens is 418 g/mol. The van der Waals surface area contributed by atoms with Crippen molar-refractivity contribution in [2.75, 3.05) is 0 Å². The van der Waals surface area contributed by atoms with Gasteiger partial charge in [0.15, 0.2) is 5.78 Å². The molecule has 4 nitrogen and oxygen atoms in total. The minimum absolute atomic E-state index is 0.192. The lowest BCUT2D eigenvalue weighted by atomic mass is 9.44. The second-order valence-corrected chi connectivity index (χ2v) is 12.4. The molecule has 2 heterocycles. The summed E-state index contributed by atoms with van der Waals surface area (Å²) in [6.07, 6.45) is 17.7. The number of nitrogens with zero attached hydrogens (tertiary/aromatic N) is 3. The second-order valence-electron chi connectivity index (χ2n) is 12.4. The Morgan fingerprint density at radius 2 is 1.79 bits per heavy atom. The standard InChI is InChI=1S/C28H39N3O.C2H6/c1-18-8-11-27(2)20(14-18)4-5-21-22-6-7-24(28(22,3)12-9-23(21)27)26(32)17-31-16-19-10-13-29-15-25(19)30-31;1-2/h10,13,15-16,18,20-24H,4-9,11-12,14,17H2,1-3H3;1-2H3. The SMILES string of the molecule is CC.CC1CCC2(C)C(CCC3C2CCC2(C)C(C(=O)Cn4cc5ccncc5n4)CCC32)C1. The van der Waals surface area contributed by atoms with Crippen LogP contribution in [-0.4, -0.2) is 20.5 Å². The molecule has 2 aromatic rings. The molecule has 2 aromatic heterocycles. The van der Waals surface area contributed by atoms with E-state index in [-0.39, 0.29) is 11.3 Å². The number of hydrogen-bond acceptors (Lipinski definition) is 3. The summed E-state index contributed by atoms with van der Waals surface area (Å²) < 4.78 is 1.85. The van der Waals surface area contributed by atoms with Gasteiger partial charge in [0.2, 0.25) is 0 Å². The maximum Gasteiger partial charge on any atom is 0.157 e. The molecule has 34 heavy (non-hydrogen) atoms. The predicted molar refractivity (Wildman–Crippen MR) is 138 cm³/mol. The van der Waals surface area contributed by atoms with E-state index in [1.165, 1.54) is 51.4 Å². The van der Waals surface area contributed by atoms with E-state index in [4.69, 9.17) is 0 Å². The molecule has 0 N–H and O–H groups in total. The van der Waals surface area contributed by atoms with Crippen LogP contribution >= 0.6 is 0 Å². The minimum Gasteiger partial charge on any atom is -0.297 e. The third-order valence-electron chi connectivity index (χ3n) is 11.0. The van der Waals surface area contributed by atoms with Crippen LogP contribution in [0.1, 0.15) is 92.4 Å². The molecule has 0 saturated heterocycles. The van der Waals surface area contributed by atoms with E-state index in [1.807, 2.05) is 30.8 Å². The fourth-order valence-electron chi connectivity index (χ4n) is 9.27. The second kappa shape index (κ2) is 9.06. The van der Waals surface area contributed by atoms with Gasteiger partial charge in [-0.2, -0.15) is 5.10 Å². The Morgan fingerprint density at radius 1 is 1.03 bits per heavy atom. The first-order valence-corrected chi connectivity index (χ1v) is 14.2. The highest BCUT2D eigenvalue weighted by molar-refractivity contribution is 5.83. The zero-order valence-corrected chi connectivity index (χ0v) is 22.1. The molecule has 0 radical (unpaired) electrons. The van der Waals surface area contributed by atoms with Crippen LogP contribution in [0, 0.1) is 46.3 Å². The summed E-state index contributed by atoms with van der Waals surface area (Å²) in [5.74, 6) is 4.95. The van der Waals surface area contributed by atoms with Gasteiger partial charge in [-0.15, -0.1) is 0 Å². The molecule has 4 heteroatoms. The molecule has 0 bridgehead atoms. The number of aromatic nitrogens is 3. The lowest BCUT2D eigenvalue weighted by Crippen LogP contribution is -2.53. The molecule has 4 aliphatic rings. The number of rotatable bonds is 3. The van der Waals surface area contributed by atoms with Crippen molar-refractivity contribution in [3.05, 3.63) is 24.7 Å². The van der Waals surface area contributed by atoms with E-state index in [0.29, 0.717) is 17.7 Å². The largest absolute Gasteiger partial charge is 0.297 e. The van der Waals surface area contributed by atoms with Crippen molar-refractivity contribution in [1.82, 2.24) is 14.8 Å². The van der Waals surface area contributed by atoms with Crippen LogP contribution in [0.4, 0.5) is 0 Å². The fraction of sp³-hybridized carbons (Fsp3) is 0.767. The summed E-state index contributed by atoms with van der Waals surface area (Å²) in [4.78, 5) is 17.7. The highest BCUT2D eigenvalue weighted by atomic mass is 16.1. The van der Waals surface area contributed by atoms with Crippen molar-refractivity contribution in [2.45, 2.75) is 99.0 Å². The van der Waals surface area contributed by atoms with E-state index in [1.54, 1.807) is 12.4 Å².